The molecule has 4 nitrogen and oxygen atoms in total. The Kier molecular flexibility index (Phi) is 5.73. The van der Waals surface area contributed by atoms with Crippen LogP contribution in [0.25, 0.3) is 0 Å². The quantitative estimate of drug-likeness (QED) is 0.560. The van der Waals surface area contributed by atoms with E-state index in [-0.39, 0.29) is 6.54 Å². The summed E-state index contributed by atoms with van der Waals surface area (Å²) in [5.41, 5.74) is -1.79. The molecule has 1 heterocycles. The molecule has 0 aliphatic heterocycles. The Morgan fingerprint density at radius 3 is 2.30 bits per heavy atom. The van der Waals surface area contributed by atoms with Crippen LogP contribution in [0.15, 0.2) is 61.2 Å². The highest BCUT2D eigenvalue weighted by atomic mass is 35.5. The molecule has 0 aliphatic carbocycles. The number of hydrogen-bond acceptors (Lipinski definition) is 3. The molecule has 7 heteroatoms. The lowest BCUT2D eigenvalue weighted by Crippen LogP contribution is -2.54. The van der Waals surface area contributed by atoms with Gasteiger partial charge in [-0.25, -0.2) is 4.98 Å². The normalized spacial score (nSPS) is 14.0. The van der Waals surface area contributed by atoms with Gasteiger partial charge in [-0.15, -0.1) is 0 Å². The van der Waals surface area contributed by atoms with Crippen molar-refractivity contribution in [2.24, 2.45) is 0 Å². The average molecular weight is 426 g/mol. The van der Waals surface area contributed by atoms with Gasteiger partial charge in [0.25, 0.3) is 0 Å². The molecule has 0 bridgehead atoms. The number of rotatable bonds is 6. The Hall–Kier alpha value is -1.72. The Bertz CT molecular complexity index is 911. The van der Waals surface area contributed by atoms with Gasteiger partial charge in [0.2, 0.25) is 0 Å². The fourth-order valence-corrected chi connectivity index (χ4v) is 3.49. The second-order valence-corrected chi connectivity index (χ2v) is 8.07. The number of aliphatic hydroxyl groups is 1. The molecule has 0 spiro atoms. The third-order valence-corrected chi connectivity index (χ3v) is 5.33. The smallest absolute Gasteiger partial charge is 0.146 e. The first-order valence-corrected chi connectivity index (χ1v) is 9.43. The predicted octanol–water partition coefficient (Wildman–Crippen LogP) is 5.59. The van der Waals surface area contributed by atoms with E-state index in [1.807, 2.05) is 13.8 Å². The van der Waals surface area contributed by atoms with Crippen molar-refractivity contribution in [1.82, 2.24) is 9.55 Å². The van der Waals surface area contributed by atoms with Gasteiger partial charge in [0.1, 0.15) is 17.0 Å². The van der Waals surface area contributed by atoms with E-state index in [4.69, 9.17) is 39.5 Å². The van der Waals surface area contributed by atoms with Crippen LogP contribution in [0.4, 0.5) is 0 Å². The Morgan fingerprint density at radius 2 is 1.70 bits per heavy atom. The largest absolute Gasteiger partial charge is 0.483 e. The van der Waals surface area contributed by atoms with Crippen LogP contribution in [0.2, 0.25) is 15.1 Å². The molecule has 3 rings (SSSR count). The van der Waals surface area contributed by atoms with Crippen molar-refractivity contribution < 1.29 is 9.84 Å². The highest BCUT2D eigenvalue weighted by Crippen LogP contribution is 2.40. The zero-order valence-electron chi connectivity index (χ0n) is 14.9. The van der Waals surface area contributed by atoms with Crippen LogP contribution >= 0.6 is 34.8 Å². The van der Waals surface area contributed by atoms with Gasteiger partial charge in [0.05, 0.1) is 17.9 Å². The molecule has 27 heavy (non-hydrogen) atoms. The third kappa shape index (κ3) is 4.25. The number of aromatic nitrogens is 2. The first-order valence-electron chi connectivity index (χ1n) is 8.29. The van der Waals surface area contributed by atoms with Crippen molar-refractivity contribution in [2.45, 2.75) is 31.6 Å². The van der Waals surface area contributed by atoms with Crippen LogP contribution in [0, 0.1) is 0 Å². The van der Waals surface area contributed by atoms with Crippen molar-refractivity contribution in [2.75, 3.05) is 0 Å². The summed E-state index contributed by atoms with van der Waals surface area (Å²) in [6, 6.07) is 12.0. The van der Waals surface area contributed by atoms with Crippen molar-refractivity contribution in [3.63, 3.8) is 0 Å². The highest BCUT2D eigenvalue weighted by molar-refractivity contribution is 6.35. The van der Waals surface area contributed by atoms with Gasteiger partial charge in [-0.3, -0.25) is 0 Å². The van der Waals surface area contributed by atoms with Gasteiger partial charge < -0.3 is 14.4 Å². The van der Waals surface area contributed by atoms with Gasteiger partial charge in [-0.1, -0.05) is 46.9 Å². The lowest BCUT2D eigenvalue weighted by molar-refractivity contribution is -0.131. The molecule has 2 aromatic carbocycles. The van der Waals surface area contributed by atoms with E-state index in [0.29, 0.717) is 26.4 Å². The standard InChI is InChI=1S/C20H19Cl3N2O2/c1-19(2,27-18-8-7-16(22)11-17(18)23)20(26,12-25-10-9-24-13-25)14-3-5-15(21)6-4-14/h3-11,13,26H,12H2,1-2H3. The summed E-state index contributed by atoms with van der Waals surface area (Å²) in [5, 5.41) is 13.3. The summed E-state index contributed by atoms with van der Waals surface area (Å²) in [5.74, 6) is 0.434. The van der Waals surface area contributed by atoms with Crippen LogP contribution in [-0.2, 0) is 12.1 Å². The highest BCUT2D eigenvalue weighted by Gasteiger charge is 2.47. The van der Waals surface area contributed by atoms with Gasteiger partial charge in [0, 0.05) is 22.4 Å². The van der Waals surface area contributed by atoms with Crippen LogP contribution < -0.4 is 4.74 Å². The fourth-order valence-electron chi connectivity index (χ4n) is 2.92. The van der Waals surface area contributed by atoms with E-state index in [1.165, 1.54) is 0 Å². The number of benzene rings is 2. The molecular formula is C20H19Cl3N2O2. The molecule has 1 aromatic heterocycles. The van der Waals surface area contributed by atoms with Crippen molar-refractivity contribution >= 4 is 34.8 Å². The number of halogens is 3. The van der Waals surface area contributed by atoms with Gasteiger partial charge >= 0.3 is 0 Å². The van der Waals surface area contributed by atoms with Gasteiger partial charge in [-0.2, -0.15) is 0 Å². The maximum atomic E-state index is 11.8. The van der Waals surface area contributed by atoms with Crippen molar-refractivity contribution in [3.8, 4) is 5.75 Å². The summed E-state index contributed by atoms with van der Waals surface area (Å²) in [4.78, 5) is 4.06. The zero-order valence-corrected chi connectivity index (χ0v) is 17.1. The molecule has 1 unspecified atom stereocenters. The summed E-state index contributed by atoms with van der Waals surface area (Å²) < 4.78 is 7.97. The molecule has 0 saturated heterocycles. The van der Waals surface area contributed by atoms with E-state index in [2.05, 4.69) is 4.98 Å². The summed E-state index contributed by atoms with van der Waals surface area (Å²) in [6.45, 7) is 3.85. The average Bonchev–Trinajstić information content (AvgIpc) is 3.10. The Morgan fingerprint density at radius 1 is 1.04 bits per heavy atom. The monoisotopic (exact) mass is 424 g/mol. The number of ether oxygens (including phenoxy) is 1. The first-order chi connectivity index (χ1) is 12.7. The summed E-state index contributed by atoms with van der Waals surface area (Å²) in [6.07, 6.45) is 5.09. The fraction of sp³-hybridized carbons (Fsp3) is 0.250. The number of nitrogens with zero attached hydrogens (tertiary/aromatic N) is 2. The second kappa shape index (κ2) is 7.72. The third-order valence-electron chi connectivity index (χ3n) is 4.55. The molecule has 142 valence electrons. The Labute approximate surface area is 173 Å². The van der Waals surface area contributed by atoms with Crippen molar-refractivity contribution in [3.05, 3.63) is 81.8 Å². The van der Waals surface area contributed by atoms with Crippen LogP contribution in [-0.4, -0.2) is 20.3 Å². The number of imidazole rings is 1. The molecule has 1 N–H and O–H groups in total. The molecule has 3 aromatic rings. The van der Waals surface area contributed by atoms with Crippen LogP contribution in [0.5, 0.6) is 5.75 Å². The minimum absolute atomic E-state index is 0.229. The minimum atomic E-state index is -1.40. The van der Waals surface area contributed by atoms with E-state index in [1.54, 1.807) is 65.8 Å². The second-order valence-electron chi connectivity index (χ2n) is 6.79. The summed E-state index contributed by atoms with van der Waals surface area (Å²) in [7, 11) is 0. The van der Waals surface area contributed by atoms with Crippen molar-refractivity contribution in [1.29, 1.82) is 0 Å². The molecular weight excluding hydrogens is 407 g/mol. The topological polar surface area (TPSA) is 47.3 Å². The molecule has 0 aliphatic rings. The van der Waals surface area contributed by atoms with Crippen LogP contribution in [0.1, 0.15) is 19.4 Å². The van der Waals surface area contributed by atoms with E-state index in [9.17, 15) is 5.11 Å². The number of hydrogen-bond donors (Lipinski definition) is 1. The zero-order chi connectivity index (χ0) is 19.7. The molecule has 0 saturated carbocycles. The molecule has 1 atom stereocenters. The maximum Gasteiger partial charge on any atom is 0.146 e. The first kappa shape index (κ1) is 20.0. The molecule has 0 amide bonds. The van der Waals surface area contributed by atoms with E-state index in [0.717, 1.165) is 0 Å². The predicted molar refractivity (Wildman–Crippen MR) is 109 cm³/mol. The molecule has 0 fully saturated rings. The summed E-state index contributed by atoms with van der Waals surface area (Å²) >= 11 is 18.3. The lowest BCUT2D eigenvalue weighted by Gasteiger charge is -2.43. The van der Waals surface area contributed by atoms with E-state index >= 15 is 0 Å². The SMILES string of the molecule is CC(C)(Oc1ccc(Cl)cc1Cl)C(O)(Cn1ccnc1)c1ccc(Cl)cc1. The van der Waals surface area contributed by atoms with Crippen LogP contribution in [0.3, 0.4) is 0 Å². The van der Waals surface area contributed by atoms with Gasteiger partial charge in [0.15, 0.2) is 0 Å². The Balaban J connectivity index is 2.03. The maximum absolute atomic E-state index is 11.8. The van der Waals surface area contributed by atoms with E-state index < -0.39 is 11.2 Å². The molecule has 0 radical (unpaired) electrons. The lowest BCUT2D eigenvalue weighted by atomic mass is 9.79. The van der Waals surface area contributed by atoms with Gasteiger partial charge in [-0.05, 0) is 49.7 Å². The minimum Gasteiger partial charge on any atom is -0.483 e.